The standard InChI is InChI=1S/C13H18N4O/c1-3-8-17-10(5-7-16-17)12(18)11-9(2)4-6-15-13(11)14/h4-7,12,18H,3,8H2,1-2H3,(H2,14,15). The number of rotatable bonds is 4. The fourth-order valence-electron chi connectivity index (χ4n) is 2.07. The van der Waals surface area contributed by atoms with Crippen LogP contribution in [0.25, 0.3) is 0 Å². The topological polar surface area (TPSA) is 77.0 Å². The second kappa shape index (κ2) is 5.18. The van der Waals surface area contributed by atoms with Gasteiger partial charge in [-0.15, -0.1) is 0 Å². The zero-order chi connectivity index (χ0) is 13.1. The van der Waals surface area contributed by atoms with Crippen LogP contribution in [0.2, 0.25) is 0 Å². The molecular weight excluding hydrogens is 228 g/mol. The minimum atomic E-state index is -0.784. The van der Waals surface area contributed by atoms with E-state index in [1.807, 2.05) is 19.1 Å². The first-order chi connectivity index (χ1) is 8.65. The van der Waals surface area contributed by atoms with Gasteiger partial charge in [-0.2, -0.15) is 5.10 Å². The fraction of sp³-hybridized carbons (Fsp3) is 0.385. The molecule has 0 aliphatic carbocycles. The summed E-state index contributed by atoms with van der Waals surface area (Å²) < 4.78 is 1.80. The van der Waals surface area contributed by atoms with Gasteiger partial charge in [0.05, 0.1) is 5.69 Å². The zero-order valence-corrected chi connectivity index (χ0v) is 10.7. The number of anilines is 1. The van der Waals surface area contributed by atoms with E-state index in [4.69, 9.17) is 5.73 Å². The highest BCUT2D eigenvalue weighted by Gasteiger charge is 2.20. The minimum absolute atomic E-state index is 0.367. The highest BCUT2D eigenvalue weighted by molar-refractivity contribution is 5.47. The lowest BCUT2D eigenvalue weighted by Gasteiger charge is -2.16. The third kappa shape index (κ3) is 2.22. The number of hydrogen-bond acceptors (Lipinski definition) is 4. The number of aliphatic hydroxyl groups is 1. The summed E-state index contributed by atoms with van der Waals surface area (Å²) in [7, 11) is 0. The molecule has 5 nitrogen and oxygen atoms in total. The third-order valence-corrected chi connectivity index (χ3v) is 2.98. The second-order valence-corrected chi connectivity index (χ2v) is 4.31. The zero-order valence-electron chi connectivity index (χ0n) is 10.7. The average Bonchev–Trinajstić information content (AvgIpc) is 2.77. The van der Waals surface area contributed by atoms with Crippen LogP contribution < -0.4 is 5.73 Å². The number of aryl methyl sites for hydroxylation is 2. The van der Waals surface area contributed by atoms with Crippen LogP contribution in [0.5, 0.6) is 0 Å². The molecule has 0 saturated heterocycles. The van der Waals surface area contributed by atoms with Crippen LogP contribution >= 0.6 is 0 Å². The summed E-state index contributed by atoms with van der Waals surface area (Å²) in [5.41, 5.74) is 8.19. The van der Waals surface area contributed by atoms with Crippen LogP contribution in [0.15, 0.2) is 24.5 Å². The van der Waals surface area contributed by atoms with Crippen molar-refractivity contribution in [3.8, 4) is 0 Å². The van der Waals surface area contributed by atoms with E-state index in [1.54, 1.807) is 17.1 Å². The van der Waals surface area contributed by atoms with Crippen LogP contribution in [0.4, 0.5) is 5.82 Å². The first-order valence-corrected chi connectivity index (χ1v) is 6.06. The Kier molecular flexibility index (Phi) is 3.62. The molecule has 96 valence electrons. The van der Waals surface area contributed by atoms with Crippen LogP contribution in [-0.4, -0.2) is 19.9 Å². The maximum Gasteiger partial charge on any atom is 0.129 e. The predicted molar refractivity (Wildman–Crippen MR) is 70.0 cm³/mol. The van der Waals surface area contributed by atoms with E-state index in [0.717, 1.165) is 24.2 Å². The molecule has 2 aromatic rings. The molecule has 0 radical (unpaired) electrons. The van der Waals surface area contributed by atoms with Crippen molar-refractivity contribution in [2.24, 2.45) is 0 Å². The van der Waals surface area contributed by atoms with Crippen molar-refractivity contribution in [1.29, 1.82) is 0 Å². The smallest absolute Gasteiger partial charge is 0.129 e. The Hall–Kier alpha value is -1.88. The Labute approximate surface area is 106 Å². The molecule has 18 heavy (non-hydrogen) atoms. The van der Waals surface area contributed by atoms with E-state index in [2.05, 4.69) is 17.0 Å². The van der Waals surface area contributed by atoms with Crippen LogP contribution in [0.3, 0.4) is 0 Å². The summed E-state index contributed by atoms with van der Waals surface area (Å²) in [4.78, 5) is 4.03. The van der Waals surface area contributed by atoms with Crippen LogP contribution in [0.1, 0.15) is 36.3 Å². The first kappa shape index (κ1) is 12.6. The monoisotopic (exact) mass is 246 g/mol. The van der Waals surface area contributed by atoms with Crippen molar-refractivity contribution < 1.29 is 5.11 Å². The predicted octanol–water partition coefficient (Wildman–Crippen LogP) is 1.66. The van der Waals surface area contributed by atoms with E-state index >= 15 is 0 Å². The van der Waals surface area contributed by atoms with Crippen molar-refractivity contribution in [3.63, 3.8) is 0 Å². The molecule has 0 aliphatic rings. The van der Waals surface area contributed by atoms with Crippen molar-refractivity contribution in [3.05, 3.63) is 41.3 Å². The van der Waals surface area contributed by atoms with Crippen LogP contribution in [-0.2, 0) is 6.54 Å². The molecule has 0 aliphatic heterocycles. The van der Waals surface area contributed by atoms with E-state index in [-0.39, 0.29) is 0 Å². The Balaban J connectivity index is 2.41. The van der Waals surface area contributed by atoms with Gasteiger partial charge in [0.1, 0.15) is 11.9 Å². The Morgan fingerprint density at radius 3 is 2.83 bits per heavy atom. The van der Waals surface area contributed by atoms with E-state index in [9.17, 15) is 5.11 Å². The molecule has 1 unspecified atom stereocenters. The van der Waals surface area contributed by atoms with Gasteiger partial charge < -0.3 is 10.8 Å². The molecule has 2 rings (SSSR count). The molecule has 3 N–H and O–H groups in total. The third-order valence-electron chi connectivity index (χ3n) is 2.98. The molecule has 2 heterocycles. The highest BCUT2D eigenvalue weighted by atomic mass is 16.3. The van der Waals surface area contributed by atoms with Gasteiger partial charge in [-0.25, -0.2) is 4.98 Å². The largest absolute Gasteiger partial charge is 0.383 e. The SMILES string of the molecule is CCCn1nccc1C(O)c1c(C)ccnc1N. The van der Waals surface area contributed by atoms with Gasteiger partial charge in [-0.1, -0.05) is 6.92 Å². The number of hydrogen-bond donors (Lipinski definition) is 2. The van der Waals surface area contributed by atoms with E-state index in [1.165, 1.54) is 0 Å². The van der Waals surface area contributed by atoms with Gasteiger partial charge in [-0.05, 0) is 31.0 Å². The number of nitrogens with zero attached hydrogens (tertiary/aromatic N) is 3. The van der Waals surface area contributed by atoms with Crippen molar-refractivity contribution in [2.75, 3.05) is 5.73 Å². The molecule has 0 amide bonds. The van der Waals surface area contributed by atoms with E-state index in [0.29, 0.717) is 11.4 Å². The van der Waals surface area contributed by atoms with Crippen molar-refractivity contribution in [1.82, 2.24) is 14.8 Å². The molecule has 1 atom stereocenters. The van der Waals surface area contributed by atoms with Crippen molar-refractivity contribution >= 4 is 5.82 Å². The Morgan fingerprint density at radius 2 is 2.17 bits per heavy atom. The summed E-state index contributed by atoms with van der Waals surface area (Å²) >= 11 is 0. The number of nitrogen functional groups attached to an aromatic ring is 1. The highest BCUT2D eigenvalue weighted by Crippen LogP contribution is 2.28. The maximum atomic E-state index is 10.5. The summed E-state index contributed by atoms with van der Waals surface area (Å²) in [6, 6.07) is 3.65. The average molecular weight is 246 g/mol. The normalized spacial score (nSPS) is 12.6. The van der Waals surface area contributed by atoms with Gasteiger partial charge >= 0.3 is 0 Å². The van der Waals surface area contributed by atoms with Gasteiger partial charge in [0.15, 0.2) is 0 Å². The second-order valence-electron chi connectivity index (χ2n) is 4.31. The lowest BCUT2D eigenvalue weighted by atomic mass is 10.0. The molecule has 5 heteroatoms. The van der Waals surface area contributed by atoms with Gasteiger partial charge in [0.2, 0.25) is 0 Å². The minimum Gasteiger partial charge on any atom is -0.383 e. The summed E-state index contributed by atoms with van der Waals surface area (Å²) in [5.74, 6) is 0.367. The molecule has 0 saturated carbocycles. The summed E-state index contributed by atoms with van der Waals surface area (Å²) in [6.45, 7) is 4.76. The number of nitrogens with two attached hydrogens (primary N) is 1. The van der Waals surface area contributed by atoms with Gasteiger partial charge in [0.25, 0.3) is 0 Å². The van der Waals surface area contributed by atoms with Gasteiger partial charge in [-0.3, -0.25) is 4.68 Å². The molecule has 0 fully saturated rings. The number of pyridine rings is 1. The maximum absolute atomic E-state index is 10.5. The lowest BCUT2D eigenvalue weighted by molar-refractivity contribution is 0.207. The lowest BCUT2D eigenvalue weighted by Crippen LogP contribution is -2.13. The fourth-order valence-corrected chi connectivity index (χ4v) is 2.07. The first-order valence-electron chi connectivity index (χ1n) is 6.06. The van der Waals surface area contributed by atoms with Gasteiger partial charge in [0, 0.05) is 24.5 Å². The summed E-state index contributed by atoms with van der Waals surface area (Å²) in [5, 5.41) is 14.7. The molecule has 0 spiro atoms. The summed E-state index contributed by atoms with van der Waals surface area (Å²) in [6.07, 6.45) is 3.51. The molecule has 2 aromatic heterocycles. The Morgan fingerprint density at radius 1 is 1.39 bits per heavy atom. The Bertz CT molecular complexity index is 515. The molecular formula is C13H18N4O. The molecule has 0 bridgehead atoms. The van der Waals surface area contributed by atoms with Crippen LogP contribution in [0, 0.1) is 6.92 Å². The quantitative estimate of drug-likeness (QED) is 0.860. The number of aromatic nitrogens is 3. The molecule has 0 aromatic carbocycles. The van der Waals surface area contributed by atoms with E-state index < -0.39 is 6.10 Å². The number of aliphatic hydroxyl groups excluding tert-OH is 1. The van der Waals surface area contributed by atoms with Crippen molar-refractivity contribution in [2.45, 2.75) is 32.9 Å².